The minimum Gasteiger partial charge on any atom is -0.326 e. The number of aryl methyl sites for hydroxylation is 1. The predicted molar refractivity (Wildman–Crippen MR) is 74.9 cm³/mol. The van der Waals surface area contributed by atoms with Crippen LogP contribution in [0.15, 0.2) is 42.5 Å². The highest BCUT2D eigenvalue weighted by atomic mass is 35.5. The normalized spacial score (nSPS) is 10.3. The summed E-state index contributed by atoms with van der Waals surface area (Å²) >= 11 is 5.98. The van der Waals surface area contributed by atoms with E-state index in [1.165, 1.54) is 12.1 Å². The molecule has 0 saturated carbocycles. The van der Waals surface area contributed by atoms with Gasteiger partial charge in [-0.2, -0.15) is 0 Å². The summed E-state index contributed by atoms with van der Waals surface area (Å²) in [5.74, 6) is -0.471. The Labute approximate surface area is 116 Å². The summed E-state index contributed by atoms with van der Waals surface area (Å²) in [4.78, 5) is 11.8. The molecule has 2 rings (SSSR count). The van der Waals surface area contributed by atoms with Crippen LogP contribution in [0.1, 0.15) is 11.1 Å². The molecular weight excluding hydrogens is 265 g/mol. The molecule has 1 N–H and O–H groups in total. The number of amides is 1. The Hall–Kier alpha value is -1.87. The van der Waals surface area contributed by atoms with Gasteiger partial charge in [0.1, 0.15) is 5.82 Å². The molecular formula is C15H13ClFNO. The van der Waals surface area contributed by atoms with Crippen molar-refractivity contribution in [3.05, 3.63) is 64.4 Å². The molecule has 0 spiro atoms. The van der Waals surface area contributed by atoms with E-state index in [0.717, 1.165) is 11.1 Å². The largest absolute Gasteiger partial charge is 0.326 e. The number of hydrogen-bond donors (Lipinski definition) is 1. The third-order valence-corrected chi connectivity index (χ3v) is 3.14. The lowest BCUT2D eigenvalue weighted by Gasteiger charge is -2.07. The molecule has 2 aromatic rings. The summed E-state index contributed by atoms with van der Waals surface area (Å²) in [6.45, 7) is 1.90. The van der Waals surface area contributed by atoms with E-state index in [4.69, 9.17) is 11.6 Å². The molecule has 0 aromatic heterocycles. The first kappa shape index (κ1) is 13.6. The molecule has 0 radical (unpaired) electrons. The van der Waals surface area contributed by atoms with E-state index in [1.807, 2.05) is 13.0 Å². The second kappa shape index (κ2) is 5.85. The smallest absolute Gasteiger partial charge is 0.228 e. The standard InChI is InChI=1S/C15H13ClFNO/c1-10-2-7-13(9-14(10)16)18-15(19)8-11-3-5-12(17)6-4-11/h2-7,9H,8H2,1H3,(H,18,19). The van der Waals surface area contributed by atoms with Gasteiger partial charge in [-0.25, -0.2) is 4.39 Å². The van der Waals surface area contributed by atoms with Crippen molar-refractivity contribution in [1.29, 1.82) is 0 Å². The summed E-state index contributed by atoms with van der Waals surface area (Å²) in [7, 11) is 0. The van der Waals surface area contributed by atoms with Gasteiger partial charge in [0.05, 0.1) is 6.42 Å². The fourth-order valence-corrected chi connectivity index (χ4v) is 1.84. The highest BCUT2D eigenvalue weighted by molar-refractivity contribution is 6.31. The SMILES string of the molecule is Cc1ccc(NC(=O)Cc2ccc(F)cc2)cc1Cl. The van der Waals surface area contributed by atoms with Gasteiger partial charge in [-0.3, -0.25) is 4.79 Å². The van der Waals surface area contributed by atoms with E-state index in [0.29, 0.717) is 10.7 Å². The lowest BCUT2D eigenvalue weighted by Crippen LogP contribution is -2.14. The number of anilines is 1. The number of rotatable bonds is 3. The Bertz CT molecular complexity index is 596. The Morgan fingerprint density at radius 3 is 2.53 bits per heavy atom. The Kier molecular flexibility index (Phi) is 4.17. The Morgan fingerprint density at radius 1 is 1.21 bits per heavy atom. The fourth-order valence-electron chi connectivity index (χ4n) is 1.66. The molecule has 2 nitrogen and oxygen atoms in total. The maximum Gasteiger partial charge on any atom is 0.228 e. The average molecular weight is 278 g/mol. The minimum atomic E-state index is -0.311. The van der Waals surface area contributed by atoms with Crippen LogP contribution < -0.4 is 5.32 Å². The third-order valence-electron chi connectivity index (χ3n) is 2.73. The maximum absolute atomic E-state index is 12.7. The molecule has 0 aliphatic carbocycles. The van der Waals surface area contributed by atoms with Gasteiger partial charge >= 0.3 is 0 Å². The van der Waals surface area contributed by atoms with Crippen LogP contribution in [0.3, 0.4) is 0 Å². The molecule has 0 heterocycles. The zero-order chi connectivity index (χ0) is 13.8. The van der Waals surface area contributed by atoms with Crippen LogP contribution in [0.25, 0.3) is 0 Å². The van der Waals surface area contributed by atoms with Crippen molar-refractivity contribution in [2.45, 2.75) is 13.3 Å². The van der Waals surface area contributed by atoms with Crippen LogP contribution in [0.2, 0.25) is 5.02 Å². The molecule has 19 heavy (non-hydrogen) atoms. The highest BCUT2D eigenvalue weighted by Crippen LogP contribution is 2.20. The summed E-state index contributed by atoms with van der Waals surface area (Å²) in [6, 6.07) is 11.2. The van der Waals surface area contributed by atoms with Crippen molar-refractivity contribution in [2.24, 2.45) is 0 Å². The van der Waals surface area contributed by atoms with E-state index >= 15 is 0 Å². The number of carbonyl (C=O) groups excluding carboxylic acids is 1. The van der Waals surface area contributed by atoms with Gasteiger partial charge in [0.2, 0.25) is 5.91 Å². The fraction of sp³-hybridized carbons (Fsp3) is 0.133. The third kappa shape index (κ3) is 3.80. The molecule has 0 atom stereocenters. The first-order valence-electron chi connectivity index (χ1n) is 5.85. The first-order valence-corrected chi connectivity index (χ1v) is 6.23. The molecule has 2 aromatic carbocycles. The zero-order valence-electron chi connectivity index (χ0n) is 10.4. The number of halogens is 2. The zero-order valence-corrected chi connectivity index (χ0v) is 11.2. The molecule has 0 aliphatic rings. The van der Waals surface area contributed by atoms with Crippen LogP contribution in [0, 0.1) is 12.7 Å². The van der Waals surface area contributed by atoms with Gasteiger partial charge in [0.25, 0.3) is 0 Å². The van der Waals surface area contributed by atoms with E-state index < -0.39 is 0 Å². The second-order valence-corrected chi connectivity index (χ2v) is 4.72. The summed E-state index contributed by atoms with van der Waals surface area (Å²) in [5, 5.41) is 3.37. The van der Waals surface area contributed by atoms with Crippen LogP contribution in [0.5, 0.6) is 0 Å². The molecule has 0 fully saturated rings. The van der Waals surface area contributed by atoms with Gasteiger partial charge in [0.15, 0.2) is 0 Å². The van der Waals surface area contributed by atoms with Gasteiger partial charge < -0.3 is 5.32 Å². The van der Waals surface area contributed by atoms with Crippen LogP contribution >= 0.6 is 11.6 Å². The molecule has 0 saturated heterocycles. The van der Waals surface area contributed by atoms with Crippen molar-refractivity contribution in [2.75, 3.05) is 5.32 Å². The first-order chi connectivity index (χ1) is 9.04. The monoisotopic (exact) mass is 277 g/mol. The molecule has 98 valence electrons. The molecule has 0 unspecified atom stereocenters. The predicted octanol–water partition coefficient (Wildman–Crippen LogP) is 3.97. The summed E-state index contributed by atoms with van der Waals surface area (Å²) < 4.78 is 12.7. The molecule has 0 aliphatic heterocycles. The average Bonchev–Trinajstić information content (AvgIpc) is 2.37. The van der Waals surface area contributed by atoms with Crippen LogP contribution in [-0.4, -0.2) is 5.91 Å². The lowest BCUT2D eigenvalue weighted by molar-refractivity contribution is -0.115. The Morgan fingerprint density at radius 2 is 1.89 bits per heavy atom. The quantitative estimate of drug-likeness (QED) is 0.904. The maximum atomic E-state index is 12.7. The second-order valence-electron chi connectivity index (χ2n) is 4.32. The number of nitrogens with one attached hydrogen (secondary N) is 1. The van der Waals surface area contributed by atoms with E-state index in [1.54, 1.807) is 24.3 Å². The number of hydrogen-bond acceptors (Lipinski definition) is 1. The molecule has 4 heteroatoms. The number of carbonyl (C=O) groups is 1. The summed E-state index contributed by atoms with van der Waals surface area (Å²) in [6.07, 6.45) is 0.200. The lowest BCUT2D eigenvalue weighted by atomic mass is 10.1. The van der Waals surface area contributed by atoms with E-state index in [9.17, 15) is 9.18 Å². The van der Waals surface area contributed by atoms with Crippen LogP contribution in [0.4, 0.5) is 10.1 Å². The highest BCUT2D eigenvalue weighted by Gasteiger charge is 2.05. The van der Waals surface area contributed by atoms with E-state index in [-0.39, 0.29) is 18.1 Å². The van der Waals surface area contributed by atoms with Crippen molar-refractivity contribution < 1.29 is 9.18 Å². The van der Waals surface area contributed by atoms with E-state index in [2.05, 4.69) is 5.32 Å². The van der Waals surface area contributed by atoms with Gasteiger partial charge in [-0.15, -0.1) is 0 Å². The topological polar surface area (TPSA) is 29.1 Å². The van der Waals surface area contributed by atoms with Crippen LogP contribution in [-0.2, 0) is 11.2 Å². The number of benzene rings is 2. The molecule has 1 amide bonds. The molecule has 0 bridgehead atoms. The van der Waals surface area contributed by atoms with Gasteiger partial charge in [-0.05, 0) is 42.3 Å². The van der Waals surface area contributed by atoms with Crippen molar-refractivity contribution in [1.82, 2.24) is 0 Å². The summed E-state index contributed by atoms with van der Waals surface area (Å²) in [5.41, 5.74) is 2.37. The Balaban J connectivity index is 2.01. The van der Waals surface area contributed by atoms with Crippen molar-refractivity contribution in [3.8, 4) is 0 Å². The van der Waals surface area contributed by atoms with Gasteiger partial charge in [-0.1, -0.05) is 29.8 Å². The van der Waals surface area contributed by atoms with Crippen molar-refractivity contribution >= 4 is 23.2 Å². The minimum absolute atomic E-state index is 0.161. The van der Waals surface area contributed by atoms with Crippen molar-refractivity contribution in [3.63, 3.8) is 0 Å². The van der Waals surface area contributed by atoms with Gasteiger partial charge in [0, 0.05) is 10.7 Å².